The van der Waals surface area contributed by atoms with Gasteiger partial charge in [-0.05, 0) is 6.92 Å². The molecule has 0 saturated heterocycles. The quantitative estimate of drug-likeness (QED) is 0.800. The number of aryl methyl sites for hydroxylation is 1. The third-order valence-corrected chi connectivity index (χ3v) is 2.36. The van der Waals surface area contributed by atoms with Crippen molar-refractivity contribution in [1.29, 1.82) is 0 Å². The largest absolute Gasteiger partial charge is 0.316 e. The summed E-state index contributed by atoms with van der Waals surface area (Å²) >= 11 is 7.29. The lowest BCUT2D eigenvalue weighted by Gasteiger charge is -2.02. The standard InChI is InChI=1S/C8H7ClN4S/c1-5-11-6(9)4-7(12-5)13-8-10-2-3-14-8/h2-4H,1H3,(H,10,11,12,13). The van der Waals surface area contributed by atoms with Crippen LogP contribution in [0, 0.1) is 6.92 Å². The van der Waals surface area contributed by atoms with E-state index in [1.54, 1.807) is 19.2 Å². The van der Waals surface area contributed by atoms with Crippen molar-refractivity contribution in [1.82, 2.24) is 15.0 Å². The highest BCUT2D eigenvalue weighted by atomic mass is 35.5. The van der Waals surface area contributed by atoms with Gasteiger partial charge >= 0.3 is 0 Å². The zero-order valence-electron chi connectivity index (χ0n) is 7.36. The van der Waals surface area contributed by atoms with Crippen LogP contribution in [0.2, 0.25) is 5.15 Å². The second-order valence-electron chi connectivity index (χ2n) is 2.59. The molecule has 0 amide bonds. The Morgan fingerprint density at radius 2 is 2.29 bits per heavy atom. The topological polar surface area (TPSA) is 50.7 Å². The van der Waals surface area contributed by atoms with Crippen molar-refractivity contribution in [3.05, 3.63) is 28.6 Å². The van der Waals surface area contributed by atoms with Gasteiger partial charge in [-0.25, -0.2) is 15.0 Å². The molecule has 0 unspecified atom stereocenters. The molecule has 2 aromatic rings. The number of thiazole rings is 1. The molecule has 2 rings (SSSR count). The van der Waals surface area contributed by atoms with Crippen LogP contribution in [0.25, 0.3) is 0 Å². The van der Waals surface area contributed by atoms with E-state index in [0.717, 1.165) is 5.13 Å². The van der Waals surface area contributed by atoms with Crippen molar-refractivity contribution >= 4 is 33.9 Å². The first-order valence-electron chi connectivity index (χ1n) is 3.92. The van der Waals surface area contributed by atoms with Gasteiger partial charge in [0.25, 0.3) is 0 Å². The molecule has 0 fully saturated rings. The Labute approximate surface area is 90.0 Å². The van der Waals surface area contributed by atoms with Gasteiger partial charge in [0.15, 0.2) is 5.13 Å². The lowest BCUT2D eigenvalue weighted by Crippen LogP contribution is -1.96. The minimum atomic E-state index is 0.427. The molecule has 72 valence electrons. The van der Waals surface area contributed by atoms with Gasteiger partial charge in [0.2, 0.25) is 0 Å². The van der Waals surface area contributed by atoms with E-state index in [0.29, 0.717) is 16.8 Å². The molecule has 0 atom stereocenters. The third kappa shape index (κ3) is 2.18. The fraction of sp³-hybridized carbons (Fsp3) is 0.125. The minimum absolute atomic E-state index is 0.427. The Morgan fingerprint density at radius 3 is 2.93 bits per heavy atom. The van der Waals surface area contributed by atoms with Crippen LogP contribution in [0.4, 0.5) is 10.9 Å². The summed E-state index contributed by atoms with van der Waals surface area (Å²) in [5, 5.41) is 6.14. The molecule has 2 aromatic heterocycles. The van der Waals surface area contributed by atoms with Crippen LogP contribution in [-0.2, 0) is 0 Å². The van der Waals surface area contributed by atoms with Crippen molar-refractivity contribution < 1.29 is 0 Å². The highest BCUT2D eigenvalue weighted by Gasteiger charge is 2.01. The molecule has 0 aliphatic rings. The average Bonchev–Trinajstić information content (AvgIpc) is 2.54. The fourth-order valence-corrected chi connectivity index (χ4v) is 1.75. The van der Waals surface area contributed by atoms with Gasteiger partial charge < -0.3 is 5.32 Å². The highest BCUT2D eigenvalue weighted by Crippen LogP contribution is 2.18. The number of hydrogen-bond donors (Lipinski definition) is 1. The molecule has 0 saturated carbocycles. The van der Waals surface area contributed by atoms with Gasteiger partial charge in [0.1, 0.15) is 16.8 Å². The van der Waals surface area contributed by atoms with E-state index in [1.807, 2.05) is 5.38 Å². The van der Waals surface area contributed by atoms with Crippen LogP contribution in [0.5, 0.6) is 0 Å². The molecule has 0 aliphatic heterocycles. The first kappa shape index (κ1) is 9.36. The van der Waals surface area contributed by atoms with Crippen LogP contribution in [0.1, 0.15) is 5.82 Å². The SMILES string of the molecule is Cc1nc(Cl)cc(Nc2nccs2)n1. The van der Waals surface area contributed by atoms with E-state index < -0.39 is 0 Å². The van der Waals surface area contributed by atoms with Gasteiger partial charge in [0.05, 0.1) is 0 Å². The van der Waals surface area contributed by atoms with Gasteiger partial charge in [0, 0.05) is 17.6 Å². The molecular formula is C8H7ClN4S. The maximum atomic E-state index is 5.78. The van der Waals surface area contributed by atoms with Crippen molar-refractivity contribution in [2.45, 2.75) is 6.92 Å². The van der Waals surface area contributed by atoms with E-state index in [1.165, 1.54) is 11.3 Å². The Morgan fingerprint density at radius 1 is 1.43 bits per heavy atom. The van der Waals surface area contributed by atoms with E-state index >= 15 is 0 Å². The first-order valence-corrected chi connectivity index (χ1v) is 5.17. The Kier molecular flexibility index (Phi) is 2.60. The van der Waals surface area contributed by atoms with E-state index in [4.69, 9.17) is 11.6 Å². The molecule has 14 heavy (non-hydrogen) atoms. The predicted molar refractivity (Wildman–Crippen MR) is 57.2 cm³/mol. The number of nitrogens with zero attached hydrogens (tertiary/aromatic N) is 3. The van der Waals surface area contributed by atoms with Crippen LogP contribution >= 0.6 is 22.9 Å². The Hall–Kier alpha value is -1.20. The minimum Gasteiger partial charge on any atom is -0.316 e. The molecule has 0 aliphatic carbocycles. The summed E-state index contributed by atoms with van der Waals surface area (Å²) in [5.41, 5.74) is 0. The second kappa shape index (κ2) is 3.89. The summed E-state index contributed by atoms with van der Waals surface area (Å²) in [5.74, 6) is 1.30. The van der Waals surface area contributed by atoms with Gasteiger partial charge in [-0.1, -0.05) is 11.6 Å². The number of rotatable bonds is 2. The highest BCUT2D eigenvalue weighted by molar-refractivity contribution is 7.13. The summed E-state index contributed by atoms with van der Waals surface area (Å²) in [6.45, 7) is 1.79. The van der Waals surface area contributed by atoms with Crippen molar-refractivity contribution in [2.24, 2.45) is 0 Å². The summed E-state index contributed by atoms with van der Waals surface area (Å²) < 4.78 is 0. The van der Waals surface area contributed by atoms with Crippen molar-refractivity contribution in [3.63, 3.8) is 0 Å². The molecule has 1 N–H and O–H groups in total. The summed E-state index contributed by atoms with van der Waals surface area (Å²) in [4.78, 5) is 12.2. The first-order chi connectivity index (χ1) is 6.74. The summed E-state index contributed by atoms with van der Waals surface area (Å²) in [6, 6.07) is 1.66. The maximum Gasteiger partial charge on any atom is 0.188 e. The van der Waals surface area contributed by atoms with Gasteiger partial charge in [-0.3, -0.25) is 0 Å². The zero-order chi connectivity index (χ0) is 9.97. The lowest BCUT2D eigenvalue weighted by atomic mass is 10.5. The molecule has 2 heterocycles. The van der Waals surface area contributed by atoms with Crippen molar-refractivity contribution in [3.8, 4) is 0 Å². The normalized spacial score (nSPS) is 10.1. The molecule has 0 spiro atoms. The number of hydrogen-bond acceptors (Lipinski definition) is 5. The number of anilines is 2. The molecule has 0 aromatic carbocycles. The molecule has 6 heteroatoms. The monoisotopic (exact) mass is 226 g/mol. The van der Waals surface area contributed by atoms with Gasteiger partial charge in [-0.15, -0.1) is 11.3 Å². The summed E-state index contributed by atoms with van der Waals surface area (Å²) in [6.07, 6.45) is 1.72. The van der Waals surface area contributed by atoms with E-state index in [2.05, 4.69) is 20.3 Å². The molecule has 4 nitrogen and oxygen atoms in total. The molecule has 0 bridgehead atoms. The van der Waals surface area contributed by atoms with Crippen LogP contribution in [0.15, 0.2) is 17.6 Å². The second-order valence-corrected chi connectivity index (χ2v) is 3.87. The Balaban J connectivity index is 2.25. The van der Waals surface area contributed by atoms with Crippen LogP contribution in [-0.4, -0.2) is 15.0 Å². The molecular weight excluding hydrogens is 220 g/mol. The maximum absolute atomic E-state index is 5.78. The van der Waals surface area contributed by atoms with E-state index in [-0.39, 0.29) is 0 Å². The smallest absolute Gasteiger partial charge is 0.188 e. The molecule has 0 radical (unpaired) electrons. The van der Waals surface area contributed by atoms with Crippen LogP contribution < -0.4 is 5.32 Å². The van der Waals surface area contributed by atoms with Crippen LogP contribution in [0.3, 0.4) is 0 Å². The third-order valence-electron chi connectivity index (χ3n) is 1.47. The predicted octanol–water partition coefficient (Wildman–Crippen LogP) is 2.64. The zero-order valence-corrected chi connectivity index (χ0v) is 8.93. The summed E-state index contributed by atoms with van der Waals surface area (Å²) in [7, 11) is 0. The average molecular weight is 227 g/mol. The Bertz CT molecular complexity index is 409. The fourth-order valence-electron chi connectivity index (χ4n) is 0.990. The van der Waals surface area contributed by atoms with E-state index in [9.17, 15) is 0 Å². The van der Waals surface area contributed by atoms with Gasteiger partial charge in [-0.2, -0.15) is 0 Å². The van der Waals surface area contributed by atoms with Crippen molar-refractivity contribution in [2.75, 3.05) is 5.32 Å². The number of aromatic nitrogens is 3. The lowest BCUT2D eigenvalue weighted by molar-refractivity contribution is 1.06. The number of halogens is 1. The number of nitrogens with one attached hydrogen (secondary N) is 1.